The Hall–Kier alpha value is -2.20. The summed E-state index contributed by atoms with van der Waals surface area (Å²) < 4.78 is 12.8. The summed E-state index contributed by atoms with van der Waals surface area (Å²) in [4.78, 5) is 11.1. The molecule has 84 heavy (non-hydrogen) atoms. The van der Waals surface area contributed by atoms with Crippen molar-refractivity contribution in [2.75, 3.05) is 78.8 Å². The molecule has 4 aliphatic heterocycles. The monoisotopic (exact) mass is 1230 g/mol. The summed E-state index contributed by atoms with van der Waals surface area (Å²) in [5, 5.41) is 3.29. The van der Waals surface area contributed by atoms with Crippen LogP contribution < -0.4 is 0 Å². The van der Waals surface area contributed by atoms with Gasteiger partial charge in [0.05, 0.1) is 0 Å². The average Bonchev–Trinajstić information content (AvgIpc) is 3.69. The van der Waals surface area contributed by atoms with Crippen LogP contribution in [0.25, 0.3) is 0 Å². The molecule has 0 bridgehead atoms. The topological polar surface area (TPSA) is 31.4 Å². The molecule has 4 aromatic carbocycles. The van der Waals surface area contributed by atoms with Crippen LogP contribution in [-0.2, 0) is 35.2 Å². The van der Waals surface area contributed by atoms with Gasteiger partial charge >= 0.3 is 0 Å². The minimum absolute atomic E-state index is 0.608. The smallest absolute Gasteiger partial charge is 0.0480 e. The highest BCUT2D eigenvalue weighted by molar-refractivity contribution is 6.31. The predicted octanol–water partition coefficient (Wildman–Crippen LogP) is 19.2. The summed E-state index contributed by atoms with van der Waals surface area (Å²) in [6.45, 7) is 28.0. The first-order valence-corrected chi connectivity index (χ1v) is 35.3. The fourth-order valence-corrected chi connectivity index (χ4v) is 15.2. The van der Waals surface area contributed by atoms with Gasteiger partial charge in [-0.05, 0) is 274 Å². The molecule has 0 saturated carbocycles. The van der Waals surface area contributed by atoms with Crippen LogP contribution in [-0.4, -0.2) is 123 Å². The number of piperidine rings is 4. The number of halogens is 4. The van der Waals surface area contributed by atoms with Gasteiger partial charge in [-0.2, -0.15) is 0 Å². The van der Waals surface area contributed by atoms with E-state index in [-0.39, 0.29) is 0 Å². The summed E-state index contributed by atoms with van der Waals surface area (Å²) in [6.07, 6.45) is 27.0. The number of hydrogen-bond donors (Lipinski definition) is 0. The molecular weight excluding hydrogens is 1120 g/mol. The Bertz CT molecular complexity index is 2160. The van der Waals surface area contributed by atoms with Gasteiger partial charge in [-0.25, -0.2) is 0 Å². The van der Waals surface area contributed by atoms with E-state index in [2.05, 4.69) is 110 Å². The number of ether oxygens (including phenoxy) is 2. The standard InChI is InChI=1S/C38H58Cl2N2O.C36H54Cl2N2O/c1-29-23-30(2)26-41(25-29)37(9-5-7-33-11-15-35(39)16-12-33)19-21-43-22-20-38(42-27-31(3)24-32(4)28-42)10-6-8-34-13-17-36(40)18-14-34;1-29-17-23-39(24-18-29)35(7-3-5-31-9-13-33(37)14-10-31)21-27-41-28-22-36(40-25-19-30(2)20-26-40)8-4-6-32-11-15-34(38)16-12-32/h11-18,29-32,37-38H,5-10,19-28H2,1-4H3;9-16,29-30,35-36H,3-8,17-28H2,1-2H3/t29-,30+,31-,32+,37?,38?;. The molecule has 4 unspecified atom stereocenters. The lowest BCUT2D eigenvalue weighted by Gasteiger charge is -2.41. The van der Waals surface area contributed by atoms with E-state index in [9.17, 15) is 0 Å². The molecule has 0 spiro atoms. The largest absolute Gasteiger partial charge is 0.381 e. The third-order valence-electron chi connectivity index (χ3n) is 19.5. The van der Waals surface area contributed by atoms with Gasteiger partial charge in [0.2, 0.25) is 0 Å². The molecule has 0 radical (unpaired) electrons. The van der Waals surface area contributed by atoms with Crippen LogP contribution in [0.4, 0.5) is 0 Å². The maximum atomic E-state index is 6.46. The van der Waals surface area contributed by atoms with Crippen molar-refractivity contribution in [1.29, 1.82) is 0 Å². The van der Waals surface area contributed by atoms with Crippen molar-refractivity contribution in [2.45, 2.75) is 207 Å². The second-order valence-electron chi connectivity index (χ2n) is 27.3. The van der Waals surface area contributed by atoms with E-state index in [1.807, 2.05) is 48.5 Å². The first kappa shape index (κ1) is 69.3. The molecular formula is C74H112Cl4N4O2. The lowest BCUT2D eigenvalue weighted by Crippen LogP contribution is -2.46. The van der Waals surface area contributed by atoms with Gasteiger partial charge in [0, 0.05) is 96.9 Å². The van der Waals surface area contributed by atoms with Crippen molar-refractivity contribution >= 4 is 46.4 Å². The van der Waals surface area contributed by atoms with Crippen LogP contribution >= 0.6 is 46.4 Å². The number of rotatable bonds is 32. The molecule has 0 N–H and O–H groups in total. The van der Waals surface area contributed by atoms with E-state index in [1.165, 1.54) is 165 Å². The molecule has 8 atom stereocenters. The SMILES string of the molecule is CC1CCN(C(CCCc2ccc(Cl)cc2)CCOCCC(CCCc2ccc(Cl)cc2)N2CCC(C)CC2)CC1.C[C@@H]1C[C@H](C)CN(C(CCCc2ccc(Cl)cc2)CCOCCC(CCCc2ccc(Cl)cc2)N2C[C@H](C)C[C@H](C)C2)C1. The first-order valence-electron chi connectivity index (χ1n) is 33.8. The van der Waals surface area contributed by atoms with Crippen LogP contribution in [0.2, 0.25) is 20.1 Å². The van der Waals surface area contributed by atoms with Crippen molar-refractivity contribution < 1.29 is 9.47 Å². The summed E-state index contributed by atoms with van der Waals surface area (Å²) >= 11 is 24.4. The minimum Gasteiger partial charge on any atom is -0.381 e. The molecule has 6 nitrogen and oxygen atoms in total. The van der Waals surface area contributed by atoms with Gasteiger partial charge in [-0.15, -0.1) is 0 Å². The van der Waals surface area contributed by atoms with Gasteiger partial charge < -0.3 is 19.3 Å². The molecule has 0 aromatic heterocycles. The first-order chi connectivity index (χ1) is 40.7. The Balaban J connectivity index is 0.000000241. The quantitative estimate of drug-likeness (QED) is 0.0453. The van der Waals surface area contributed by atoms with Crippen LogP contribution in [0, 0.1) is 35.5 Å². The van der Waals surface area contributed by atoms with E-state index in [1.54, 1.807) is 0 Å². The highest BCUT2D eigenvalue weighted by atomic mass is 35.5. The third-order valence-corrected chi connectivity index (χ3v) is 20.6. The van der Waals surface area contributed by atoms with Crippen LogP contribution in [0.1, 0.15) is 179 Å². The summed E-state index contributed by atoms with van der Waals surface area (Å²) in [7, 11) is 0. The highest BCUT2D eigenvalue weighted by Gasteiger charge is 2.30. The number of likely N-dealkylation sites (tertiary alicyclic amines) is 4. The molecule has 8 rings (SSSR count). The van der Waals surface area contributed by atoms with Crippen molar-refractivity contribution in [3.05, 3.63) is 139 Å². The Morgan fingerprint density at radius 3 is 0.786 bits per heavy atom. The van der Waals surface area contributed by atoms with Crippen molar-refractivity contribution in [3.8, 4) is 0 Å². The Labute approximate surface area is 532 Å². The lowest BCUT2D eigenvalue weighted by atomic mass is 9.89. The van der Waals surface area contributed by atoms with Gasteiger partial charge in [0.15, 0.2) is 0 Å². The maximum absolute atomic E-state index is 6.46. The zero-order chi connectivity index (χ0) is 59.5. The van der Waals surface area contributed by atoms with Gasteiger partial charge in [0.25, 0.3) is 0 Å². The molecule has 4 heterocycles. The Morgan fingerprint density at radius 1 is 0.321 bits per heavy atom. The summed E-state index contributed by atoms with van der Waals surface area (Å²) in [6, 6.07) is 36.1. The zero-order valence-electron chi connectivity index (χ0n) is 53.2. The third kappa shape index (κ3) is 26.1. The fourth-order valence-electron chi connectivity index (χ4n) is 14.7. The molecule has 4 saturated heterocycles. The van der Waals surface area contributed by atoms with E-state index < -0.39 is 0 Å². The van der Waals surface area contributed by atoms with Crippen LogP contribution in [0.5, 0.6) is 0 Å². The molecule has 10 heteroatoms. The van der Waals surface area contributed by atoms with Crippen LogP contribution in [0.3, 0.4) is 0 Å². The number of hydrogen-bond acceptors (Lipinski definition) is 6. The highest BCUT2D eigenvalue weighted by Crippen LogP contribution is 2.30. The van der Waals surface area contributed by atoms with E-state index >= 15 is 0 Å². The second kappa shape index (κ2) is 38.4. The van der Waals surface area contributed by atoms with Crippen molar-refractivity contribution in [2.24, 2.45) is 35.5 Å². The average molecular weight is 1230 g/mol. The second-order valence-corrected chi connectivity index (χ2v) is 29.1. The molecule has 4 aliphatic rings. The van der Waals surface area contributed by atoms with Gasteiger partial charge in [0.1, 0.15) is 0 Å². The normalized spacial score (nSPS) is 22.3. The van der Waals surface area contributed by atoms with Crippen molar-refractivity contribution in [3.63, 3.8) is 0 Å². The van der Waals surface area contributed by atoms with E-state index in [4.69, 9.17) is 55.9 Å². The molecule has 0 aliphatic carbocycles. The lowest BCUT2D eigenvalue weighted by molar-refractivity contribution is 0.0385. The van der Waals surface area contributed by atoms with E-state index in [0.29, 0.717) is 24.2 Å². The Morgan fingerprint density at radius 2 is 0.548 bits per heavy atom. The predicted molar refractivity (Wildman–Crippen MR) is 362 cm³/mol. The number of benzene rings is 4. The zero-order valence-corrected chi connectivity index (χ0v) is 56.2. The maximum Gasteiger partial charge on any atom is 0.0480 e. The fraction of sp³-hybridized carbons (Fsp3) is 0.676. The Kier molecular flexibility index (Phi) is 31.6. The van der Waals surface area contributed by atoms with Gasteiger partial charge in [-0.3, -0.25) is 9.80 Å². The summed E-state index contributed by atoms with van der Waals surface area (Å²) in [5.41, 5.74) is 5.57. The number of nitrogens with zero attached hydrogens (tertiary/aromatic N) is 4. The summed E-state index contributed by atoms with van der Waals surface area (Å²) in [5.74, 6) is 4.87. The molecule has 468 valence electrons. The van der Waals surface area contributed by atoms with Crippen LogP contribution in [0.15, 0.2) is 97.1 Å². The molecule has 0 amide bonds. The van der Waals surface area contributed by atoms with Crippen molar-refractivity contribution in [1.82, 2.24) is 19.6 Å². The van der Waals surface area contributed by atoms with Gasteiger partial charge in [-0.1, -0.05) is 136 Å². The minimum atomic E-state index is 0.608. The molecule has 4 fully saturated rings. The molecule has 4 aromatic rings. The number of aryl methyl sites for hydroxylation is 4. The van der Waals surface area contributed by atoms with E-state index in [0.717, 1.165) is 133 Å².